The standard InChI is InChI=1S/C18H27N5OS.HI/c1-12(2)23-9-13(3)15(10-23)22-18(19-4)20-8-14-11-24-17(21-14)16-6-5-7-25-16;/h5-7,11-13,15H,8-10H2,1-4H3,(H2,19,20,22);1H. The minimum absolute atomic E-state index is 0. The maximum absolute atomic E-state index is 5.56. The van der Waals surface area contributed by atoms with Gasteiger partial charge in [0.05, 0.1) is 17.1 Å². The Kier molecular flexibility index (Phi) is 7.90. The second kappa shape index (κ2) is 9.70. The van der Waals surface area contributed by atoms with E-state index in [9.17, 15) is 0 Å². The maximum atomic E-state index is 5.56. The van der Waals surface area contributed by atoms with Gasteiger partial charge in [0.15, 0.2) is 5.96 Å². The molecule has 0 aliphatic carbocycles. The van der Waals surface area contributed by atoms with Crippen LogP contribution in [0.2, 0.25) is 0 Å². The first-order valence-corrected chi connectivity index (χ1v) is 9.64. The Hall–Kier alpha value is -1.13. The van der Waals surface area contributed by atoms with E-state index in [1.165, 1.54) is 0 Å². The van der Waals surface area contributed by atoms with Gasteiger partial charge >= 0.3 is 0 Å². The lowest BCUT2D eigenvalue weighted by molar-refractivity contribution is 0.265. The predicted molar refractivity (Wildman–Crippen MR) is 118 cm³/mol. The van der Waals surface area contributed by atoms with Crippen LogP contribution in [0, 0.1) is 5.92 Å². The van der Waals surface area contributed by atoms with Gasteiger partial charge < -0.3 is 15.1 Å². The predicted octanol–water partition coefficient (Wildman–Crippen LogP) is 3.41. The Balaban J connectivity index is 0.00000243. The molecule has 2 N–H and O–H groups in total. The van der Waals surface area contributed by atoms with E-state index in [-0.39, 0.29) is 24.0 Å². The molecule has 26 heavy (non-hydrogen) atoms. The molecule has 0 radical (unpaired) electrons. The Labute approximate surface area is 176 Å². The molecular weight excluding hydrogens is 461 g/mol. The van der Waals surface area contributed by atoms with Crippen LogP contribution in [-0.4, -0.2) is 48.1 Å². The first kappa shape index (κ1) is 21.2. The van der Waals surface area contributed by atoms with Crippen LogP contribution in [0.1, 0.15) is 26.5 Å². The van der Waals surface area contributed by atoms with E-state index < -0.39 is 0 Å². The van der Waals surface area contributed by atoms with Gasteiger partial charge in [-0.15, -0.1) is 35.3 Å². The number of guanidine groups is 1. The number of oxazole rings is 1. The van der Waals surface area contributed by atoms with E-state index in [4.69, 9.17) is 4.42 Å². The first-order valence-electron chi connectivity index (χ1n) is 8.76. The summed E-state index contributed by atoms with van der Waals surface area (Å²) in [4.78, 5) is 12.4. The van der Waals surface area contributed by atoms with Gasteiger partial charge in [0.1, 0.15) is 6.26 Å². The summed E-state index contributed by atoms with van der Waals surface area (Å²) in [6.07, 6.45) is 1.70. The van der Waals surface area contributed by atoms with Crippen molar-refractivity contribution in [3.63, 3.8) is 0 Å². The molecule has 144 valence electrons. The molecule has 3 rings (SSSR count). The summed E-state index contributed by atoms with van der Waals surface area (Å²) in [6.45, 7) is 9.55. The number of likely N-dealkylation sites (tertiary alicyclic amines) is 1. The van der Waals surface area contributed by atoms with Gasteiger partial charge in [-0.1, -0.05) is 13.0 Å². The van der Waals surface area contributed by atoms with E-state index in [0.717, 1.165) is 29.6 Å². The first-order chi connectivity index (χ1) is 12.1. The number of nitrogens with one attached hydrogen (secondary N) is 2. The Morgan fingerprint density at radius 1 is 1.46 bits per heavy atom. The zero-order chi connectivity index (χ0) is 17.8. The van der Waals surface area contributed by atoms with E-state index in [1.807, 2.05) is 17.5 Å². The van der Waals surface area contributed by atoms with Crippen LogP contribution >= 0.6 is 35.3 Å². The number of halogens is 1. The molecule has 1 saturated heterocycles. The Morgan fingerprint density at radius 3 is 2.88 bits per heavy atom. The molecule has 0 aromatic carbocycles. The second-order valence-corrected chi connectivity index (χ2v) is 7.77. The number of rotatable bonds is 5. The van der Waals surface area contributed by atoms with Gasteiger partial charge in [-0.2, -0.15) is 0 Å². The number of hydrogen-bond acceptors (Lipinski definition) is 5. The molecule has 0 bridgehead atoms. The highest BCUT2D eigenvalue weighted by Crippen LogP contribution is 2.23. The van der Waals surface area contributed by atoms with Crippen molar-refractivity contribution in [1.82, 2.24) is 20.5 Å². The average molecular weight is 489 g/mol. The fraction of sp³-hybridized carbons (Fsp3) is 0.556. The molecular formula is C18H28IN5OS. The van der Waals surface area contributed by atoms with Gasteiger partial charge in [0, 0.05) is 32.2 Å². The lowest BCUT2D eigenvalue weighted by atomic mass is 10.1. The van der Waals surface area contributed by atoms with Crippen LogP contribution in [0.3, 0.4) is 0 Å². The average Bonchev–Trinajstić information content (AvgIpc) is 3.32. The highest BCUT2D eigenvalue weighted by Gasteiger charge is 2.31. The van der Waals surface area contributed by atoms with Crippen LogP contribution in [-0.2, 0) is 6.54 Å². The fourth-order valence-corrected chi connectivity index (χ4v) is 3.72. The molecule has 1 aliphatic rings. The lowest BCUT2D eigenvalue weighted by Crippen LogP contribution is -2.46. The molecule has 2 aromatic rings. The lowest BCUT2D eigenvalue weighted by Gasteiger charge is -2.21. The summed E-state index contributed by atoms with van der Waals surface area (Å²) in [5.41, 5.74) is 0.870. The van der Waals surface area contributed by atoms with Crippen molar-refractivity contribution < 1.29 is 4.42 Å². The molecule has 0 saturated carbocycles. The molecule has 8 heteroatoms. The number of aliphatic imine (C=N–C) groups is 1. The van der Waals surface area contributed by atoms with Crippen molar-refractivity contribution in [2.45, 2.75) is 39.4 Å². The molecule has 6 nitrogen and oxygen atoms in total. The summed E-state index contributed by atoms with van der Waals surface area (Å²) < 4.78 is 5.56. The Morgan fingerprint density at radius 2 is 2.27 bits per heavy atom. The fourth-order valence-electron chi connectivity index (χ4n) is 3.06. The zero-order valence-electron chi connectivity index (χ0n) is 15.7. The van der Waals surface area contributed by atoms with Crippen LogP contribution in [0.15, 0.2) is 33.2 Å². The van der Waals surface area contributed by atoms with Crippen molar-refractivity contribution in [1.29, 1.82) is 0 Å². The molecule has 0 spiro atoms. The van der Waals surface area contributed by atoms with Crippen molar-refractivity contribution in [3.05, 3.63) is 29.5 Å². The van der Waals surface area contributed by atoms with Crippen LogP contribution in [0.4, 0.5) is 0 Å². The molecule has 2 unspecified atom stereocenters. The summed E-state index contributed by atoms with van der Waals surface area (Å²) in [6, 6.07) is 5.00. The molecule has 2 atom stereocenters. The van der Waals surface area contributed by atoms with Gasteiger partial charge in [0.25, 0.3) is 0 Å². The van der Waals surface area contributed by atoms with E-state index in [1.54, 1.807) is 24.6 Å². The second-order valence-electron chi connectivity index (χ2n) is 6.82. The highest BCUT2D eigenvalue weighted by atomic mass is 127. The third-order valence-corrected chi connectivity index (χ3v) is 5.50. The maximum Gasteiger partial charge on any atom is 0.236 e. The number of aromatic nitrogens is 1. The molecule has 1 aliphatic heterocycles. The third kappa shape index (κ3) is 5.20. The van der Waals surface area contributed by atoms with Crippen molar-refractivity contribution in [3.8, 4) is 10.8 Å². The smallest absolute Gasteiger partial charge is 0.236 e. The largest absolute Gasteiger partial charge is 0.443 e. The topological polar surface area (TPSA) is 65.7 Å². The minimum Gasteiger partial charge on any atom is -0.443 e. The quantitative estimate of drug-likeness (QED) is 0.383. The third-order valence-electron chi connectivity index (χ3n) is 4.64. The number of nitrogens with zero attached hydrogens (tertiary/aromatic N) is 3. The van der Waals surface area contributed by atoms with Gasteiger partial charge in [-0.05, 0) is 31.2 Å². The summed E-state index contributed by atoms with van der Waals surface area (Å²) in [5.74, 6) is 2.08. The van der Waals surface area contributed by atoms with E-state index in [0.29, 0.717) is 30.4 Å². The SMILES string of the molecule is CN=C(NCc1coc(-c2cccs2)n1)NC1CN(C(C)C)CC1C.I. The summed E-state index contributed by atoms with van der Waals surface area (Å²) in [5, 5.41) is 8.90. The van der Waals surface area contributed by atoms with Crippen LogP contribution in [0.25, 0.3) is 10.8 Å². The van der Waals surface area contributed by atoms with Crippen LogP contribution < -0.4 is 10.6 Å². The normalized spacial score (nSPS) is 21.0. The van der Waals surface area contributed by atoms with E-state index >= 15 is 0 Å². The Bertz CT molecular complexity index is 700. The van der Waals surface area contributed by atoms with Gasteiger partial charge in [-0.25, -0.2) is 4.98 Å². The zero-order valence-corrected chi connectivity index (χ0v) is 18.9. The molecule has 2 aromatic heterocycles. The van der Waals surface area contributed by atoms with Crippen molar-refractivity contribution in [2.75, 3.05) is 20.1 Å². The highest BCUT2D eigenvalue weighted by molar-refractivity contribution is 14.0. The molecule has 3 heterocycles. The number of thiophene rings is 1. The van der Waals surface area contributed by atoms with Crippen molar-refractivity contribution in [2.24, 2.45) is 10.9 Å². The van der Waals surface area contributed by atoms with E-state index in [2.05, 4.69) is 46.3 Å². The molecule has 0 amide bonds. The monoisotopic (exact) mass is 489 g/mol. The van der Waals surface area contributed by atoms with Crippen molar-refractivity contribution >= 4 is 41.3 Å². The number of hydrogen-bond donors (Lipinski definition) is 2. The van der Waals surface area contributed by atoms with Gasteiger partial charge in [0.2, 0.25) is 5.89 Å². The minimum atomic E-state index is 0. The molecule has 1 fully saturated rings. The van der Waals surface area contributed by atoms with Crippen LogP contribution in [0.5, 0.6) is 0 Å². The summed E-state index contributed by atoms with van der Waals surface area (Å²) in [7, 11) is 1.80. The summed E-state index contributed by atoms with van der Waals surface area (Å²) >= 11 is 1.62. The van der Waals surface area contributed by atoms with Gasteiger partial charge in [-0.3, -0.25) is 9.89 Å².